The molecule has 0 spiro atoms. The summed E-state index contributed by atoms with van der Waals surface area (Å²) in [6.07, 6.45) is 1.39. The van der Waals surface area contributed by atoms with Crippen molar-refractivity contribution in [3.05, 3.63) is 46.5 Å². The van der Waals surface area contributed by atoms with Gasteiger partial charge in [-0.05, 0) is 39.7 Å². The summed E-state index contributed by atoms with van der Waals surface area (Å²) in [5.74, 6) is -0.401. The van der Waals surface area contributed by atoms with Crippen LogP contribution in [0, 0.1) is 11.3 Å². The molecule has 28 heavy (non-hydrogen) atoms. The molecular weight excluding hydrogens is 358 g/mol. The summed E-state index contributed by atoms with van der Waals surface area (Å²) in [5.41, 5.74) is 1.44. The van der Waals surface area contributed by atoms with Gasteiger partial charge in [-0.25, -0.2) is 4.79 Å². The first-order valence-corrected chi connectivity index (χ1v) is 9.16. The van der Waals surface area contributed by atoms with Crippen LogP contribution in [-0.4, -0.2) is 48.4 Å². The number of carbonyl (C=O) groups is 3. The van der Waals surface area contributed by atoms with Crippen molar-refractivity contribution in [3.63, 3.8) is 0 Å². The number of carbonyl (C=O) groups excluding carboxylic acids is 3. The number of amides is 2. The molecule has 2 amide bonds. The zero-order chi connectivity index (χ0) is 20.7. The van der Waals surface area contributed by atoms with Crippen LogP contribution in [0.2, 0.25) is 0 Å². The van der Waals surface area contributed by atoms with Gasteiger partial charge in [0.2, 0.25) is 0 Å². The zero-order valence-corrected chi connectivity index (χ0v) is 16.4. The minimum atomic E-state index is -0.549. The van der Waals surface area contributed by atoms with Crippen LogP contribution in [0.15, 0.2) is 35.4 Å². The van der Waals surface area contributed by atoms with Crippen molar-refractivity contribution in [3.8, 4) is 6.07 Å². The number of nitrogens with zero attached hydrogens (tertiary/aromatic N) is 2. The van der Waals surface area contributed by atoms with E-state index in [1.54, 1.807) is 29.2 Å². The van der Waals surface area contributed by atoms with E-state index in [0.29, 0.717) is 43.4 Å². The number of ether oxygens (including phenoxy) is 1. The molecule has 1 fully saturated rings. The standard InChI is InChI=1S/C21H25N3O4/c1-21(2,3)28-20(27)24-10-8-15(9-11-24)17(12-22)13-23-19(26)18-7-5-4-6-16(18)14-25/h4-7,14H,8-11,13H2,1-3H3,(H,23,26). The second kappa shape index (κ2) is 9.18. The number of likely N-dealkylation sites (tertiary alicyclic amines) is 1. The lowest BCUT2D eigenvalue weighted by Gasteiger charge is -2.31. The van der Waals surface area contributed by atoms with Gasteiger partial charge >= 0.3 is 6.09 Å². The van der Waals surface area contributed by atoms with E-state index >= 15 is 0 Å². The van der Waals surface area contributed by atoms with Crippen LogP contribution in [0.1, 0.15) is 54.3 Å². The predicted molar refractivity (Wildman–Crippen MR) is 104 cm³/mol. The van der Waals surface area contributed by atoms with E-state index in [0.717, 1.165) is 5.57 Å². The zero-order valence-electron chi connectivity index (χ0n) is 16.4. The van der Waals surface area contributed by atoms with E-state index in [1.807, 2.05) is 20.8 Å². The van der Waals surface area contributed by atoms with Crippen molar-refractivity contribution >= 4 is 18.3 Å². The Hall–Kier alpha value is -3.14. The lowest BCUT2D eigenvalue weighted by atomic mass is 9.98. The summed E-state index contributed by atoms with van der Waals surface area (Å²) in [6.45, 7) is 6.48. The third-order valence-electron chi connectivity index (χ3n) is 4.34. The molecule has 7 heteroatoms. The number of aldehydes is 1. The Morgan fingerprint density at radius 1 is 1.25 bits per heavy atom. The molecule has 0 bridgehead atoms. The van der Waals surface area contributed by atoms with Crippen LogP contribution in [0.4, 0.5) is 4.79 Å². The summed E-state index contributed by atoms with van der Waals surface area (Å²) in [5, 5.41) is 12.2. The molecule has 1 heterocycles. The van der Waals surface area contributed by atoms with E-state index in [9.17, 15) is 19.6 Å². The predicted octanol–water partition coefficient (Wildman–Crippen LogP) is 3.08. The molecular formula is C21H25N3O4. The van der Waals surface area contributed by atoms with E-state index in [4.69, 9.17) is 4.74 Å². The fourth-order valence-electron chi connectivity index (χ4n) is 2.90. The highest BCUT2D eigenvalue weighted by molar-refractivity contribution is 6.01. The van der Waals surface area contributed by atoms with Crippen LogP contribution in [-0.2, 0) is 4.74 Å². The normalized spacial score (nSPS) is 14.1. The van der Waals surface area contributed by atoms with E-state index < -0.39 is 11.5 Å². The number of nitrogens with one attached hydrogen (secondary N) is 1. The van der Waals surface area contributed by atoms with Crippen LogP contribution in [0.5, 0.6) is 0 Å². The minimum absolute atomic E-state index is 0.0876. The second-order valence-corrected chi connectivity index (χ2v) is 7.55. The summed E-state index contributed by atoms with van der Waals surface area (Å²) in [6, 6.07) is 8.65. The van der Waals surface area contributed by atoms with Crippen molar-refractivity contribution in [2.24, 2.45) is 0 Å². The van der Waals surface area contributed by atoms with Crippen molar-refractivity contribution < 1.29 is 19.1 Å². The third kappa shape index (κ3) is 5.68. The monoisotopic (exact) mass is 383 g/mol. The molecule has 0 aromatic heterocycles. The van der Waals surface area contributed by atoms with Gasteiger partial charge in [0, 0.05) is 29.8 Å². The molecule has 1 saturated heterocycles. The smallest absolute Gasteiger partial charge is 0.410 e. The van der Waals surface area contributed by atoms with Crippen LogP contribution in [0.3, 0.4) is 0 Å². The van der Waals surface area contributed by atoms with Crippen LogP contribution < -0.4 is 5.32 Å². The Morgan fingerprint density at radius 2 is 1.89 bits per heavy atom. The van der Waals surface area contributed by atoms with Gasteiger partial charge < -0.3 is 15.0 Å². The van der Waals surface area contributed by atoms with Gasteiger partial charge in [0.1, 0.15) is 5.60 Å². The Balaban J connectivity index is 1.97. The average molecular weight is 383 g/mol. The quantitative estimate of drug-likeness (QED) is 0.636. The highest BCUT2D eigenvalue weighted by atomic mass is 16.6. The van der Waals surface area contributed by atoms with Crippen LogP contribution in [0.25, 0.3) is 0 Å². The first-order valence-electron chi connectivity index (χ1n) is 9.16. The number of piperidine rings is 1. The average Bonchev–Trinajstić information content (AvgIpc) is 2.67. The number of rotatable bonds is 4. The van der Waals surface area contributed by atoms with Gasteiger partial charge in [0.05, 0.1) is 12.6 Å². The van der Waals surface area contributed by atoms with Crippen molar-refractivity contribution in [2.45, 2.75) is 39.2 Å². The molecule has 1 N–H and O–H groups in total. The molecule has 0 aliphatic carbocycles. The van der Waals surface area contributed by atoms with Gasteiger partial charge in [-0.3, -0.25) is 9.59 Å². The first-order chi connectivity index (χ1) is 13.2. The van der Waals surface area contributed by atoms with E-state index in [2.05, 4.69) is 11.4 Å². The van der Waals surface area contributed by atoms with Crippen LogP contribution >= 0.6 is 0 Å². The topological polar surface area (TPSA) is 99.5 Å². The molecule has 0 unspecified atom stereocenters. The van der Waals surface area contributed by atoms with Crippen molar-refractivity contribution in [2.75, 3.05) is 19.6 Å². The maximum atomic E-state index is 12.3. The maximum absolute atomic E-state index is 12.3. The second-order valence-electron chi connectivity index (χ2n) is 7.55. The molecule has 1 aliphatic heterocycles. The summed E-state index contributed by atoms with van der Waals surface area (Å²) in [4.78, 5) is 37.1. The Kier molecular flexibility index (Phi) is 6.94. The molecule has 148 valence electrons. The van der Waals surface area contributed by atoms with Gasteiger partial charge in [-0.1, -0.05) is 23.8 Å². The van der Waals surface area contributed by atoms with E-state index in [-0.39, 0.29) is 18.2 Å². The molecule has 0 atom stereocenters. The Morgan fingerprint density at radius 3 is 2.46 bits per heavy atom. The molecule has 0 saturated carbocycles. The van der Waals surface area contributed by atoms with Gasteiger partial charge in [-0.2, -0.15) is 5.26 Å². The van der Waals surface area contributed by atoms with E-state index in [1.165, 1.54) is 0 Å². The fraction of sp³-hybridized carbons (Fsp3) is 0.429. The Bertz CT molecular complexity index is 821. The molecule has 0 radical (unpaired) electrons. The highest BCUT2D eigenvalue weighted by Crippen LogP contribution is 2.21. The SMILES string of the molecule is CC(C)(C)OC(=O)N1CCC(=C(C#N)CNC(=O)c2ccccc2C=O)CC1. The number of hydrogen-bond donors (Lipinski definition) is 1. The molecule has 1 aromatic rings. The first kappa shape index (κ1) is 21.2. The fourth-order valence-corrected chi connectivity index (χ4v) is 2.90. The molecule has 1 aliphatic rings. The van der Waals surface area contributed by atoms with Gasteiger partial charge in [-0.15, -0.1) is 0 Å². The third-order valence-corrected chi connectivity index (χ3v) is 4.34. The molecule has 1 aromatic carbocycles. The number of nitriles is 1. The minimum Gasteiger partial charge on any atom is -0.444 e. The summed E-state index contributed by atoms with van der Waals surface area (Å²) < 4.78 is 5.37. The lowest BCUT2D eigenvalue weighted by Crippen LogP contribution is -2.40. The summed E-state index contributed by atoms with van der Waals surface area (Å²) in [7, 11) is 0. The summed E-state index contributed by atoms with van der Waals surface area (Å²) >= 11 is 0. The molecule has 2 rings (SSSR count). The lowest BCUT2D eigenvalue weighted by molar-refractivity contribution is 0.0236. The highest BCUT2D eigenvalue weighted by Gasteiger charge is 2.25. The Labute approximate surface area is 165 Å². The largest absolute Gasteiger partial charge is 0.444 e. The van der Waals surface area contributed by atoms with Crippen molar-refractivity contribution in [1.82, 2.24) is 10.2 Å². The number of hydrogen-bond acceptors (Lipinski definition) is 5. The molecule has 7 nitrogen and oxygen atoms in total. The number of benzene rings is 1. The van der Waals surface area contributed by atoms with Gasteiger partial charge in [0.15, 0.2) is 6.29 Å². The maximum Gasteiger partial charge on any atom is 0.410 e. The van der Waals surface area contributed by atoms with Crippen molar-refractivity contribution in [1.29, 1.82) is 5.26 Å². The van der Waals surface area contributed by atoms with Gasteiger partial charge in [0.25, 0.3) is 5.91 Å².